The molecule has 1 fully saturated rings. The van der Waals surface area contributed by atoms with Gasteiger partial charge in [0.25, 0.3) is 0 Å². The van der Waals surface area contributed by atoms with E-state index in [9.17, 15) is 4.79 Å². The summed E-state index contributed by atoms with van der Waals surface area (Å²) < 4.78 is 4.88. The summed E-state index contributed by atoms with van der Waals surface area (Å²) >= 11 is 0. The van der Waals surface area contributed by atoms with Crippen LogP contribution in [0.3, 0.4) is 0 Å². The number of nitrogens with two attached hydrogens (primary N) is 1. The lowest BCUT2D eigenvalue weighted by Crippen LogP contribution is -2.34. The monoisotopic (exact) mass is 384 g/mol. The zero-order chi connectivity index (χ0) is 19.9. The second-order valence-electron chi connectivity index (χ2n) is 6.86. The molecule has 0 saturated carbocycles. The molecule has 0 atom stereocenters. The second-order valence-corrected chi connectivity index (χ2v) is 6.86. The first-order chi connectivity index (χ1) is 13.6. The Hall–Kier alpha value is -2.87. The number of carbonyl (C=O) groups is 1. The van der Waals surface area contributed by atoms with Gasteiger partial charge >= 0.3 is 5.97 Å². The number of hydrogen-bond acceptors (Lipinski definition) is 8. The van der Waals surface area contributed by atoms with Gasteiger partial charge in [0.1, 0.15) is 12.0 Å². The molecule has 1 aromatic heterocycles. The van der Waals surface area contributed by atoms with Gasteiger partial charge < -0.3 is 25.6 Å². The average Bonchev–Trinajstić information content (AvgIpc) is 2.74. The van der Waals surface area contributed by atoms with Gasteiger partial charge in [0, 0.05) is 20.1 Å². The van der Waals surface area contributed by atoms with E-state index >= 15 is 0 Å². The van der Waals surface area contributed by atoms with Crippen LogP contribution in [-0.2, 0) is 4.74 Å². The Labute approximate surface area is 165 Å². The third kappa shape index (κ3) is 4.51. The minimum atomic E-state index is -0.407. The number of likely N-dealkylation sites (tertiary alicyclic amines) is 1. The molecule has 1 aliphatic heterocycles. The highest BCUT2D eigenvalue weighted by Gasteiger charge is 2.19. The summed E-state index contributed by atoms with van der Waals surface area (Å²) in [6, 6.07) is 7.19. The van der Waals surface area contributed by atoms with Crippen LogP contribution in [0.5, 0.6) is 0 Å². The van der Waals surface area contributed by atoms with Crippen molar-refractivity contribution in [3.8, 4) is 0 Å². The number of carbonyl (C=O) groups excluding carboxylic acids is 1. The molecule has 0 aliphatic carbocycles. The standard InChI is InChI=1S/C20H28N6O2/c1-25(16-9-5-4-8-15(16)20(27)28-2)19-17(21)18(23-14-24-19)22-10-13-26-11-6-3-7-12-26/h4-5,8-9,14H,3,6-7,10-13,21H2,1-2H3,(H,22,23,24). The first kappa shape index (κ1) is 19.9. The Morgan fingerprint density at radius 3 is 2.75 bits per heavy atom. The number of hydrogen-bond donors (Lipinski definition) is 2. The van der Waals surface area contributed by atoms with Gasteiger partial charge in [-0.25, -0.2) is 14.8 Å². The number of para-hydroxylation sites is 1. The number of anilines is 4. The van der Waals surface area contributed by atoms with Crippen molar-refractivity contribution in [3.05, 3.63) is 36.2 Å². The molecule has 28 heavy (non-hydrogen) atoms. The maximum Gasteiger partial charge on any atom is 0.339 e. The molecule has 1 aliphatic rings. The second kappa shape index (κ2) is 9.36. The van der Waals surface area contributed by atoms with Crippen LogP contribution in [0.25, 0.3) is 0 Å². The highest BCUT2D eigenvalue weighted by atomic mass is 16.5. The average molecular weight is 384 g/mol. The molecule has 0 bridgehead atoms. The summed E-state index contributed by atoms with van der Waals surface area (Å²) in [4.78, 5) is 24.9. The summed E-state index contributed by atoms with van der Waals surface area (Å²) in [5, 5.41) is 3.32. The number of rotatable bonds is 7. The van der Waals surface area contributed by atoms with Crippen LogP contribution in [0.4, 0.5) is 23.0 Å². The lowest BCUT2D eigenvalue weighted by atomic mass is 10.1. The molecule has 8 heteroatoms. The molecule has 0 unspecified atom stereocenters. The zero-order valence-electron chi connectivity index (χ0n) is 16.5. The van der Waals surface area contributed by atoms with Crippen molar-refractivity contribution in [2.45, 2.75) is 19.3 Å². The van der Waals surface area contributed by atoms with Gasteiger partial charge in [-0.15, -0.1) is 0 Å². The summed E-state index contributed by atoms with van der Waals surface area (Å²) in [7, 11) is 3.18. The van der Waals surface area contributed by atoms with E-state index in [0.29, 0.717) is 28.6 Å². The number of esters is 1. The molecule has 2 heterocycles. The Morgan fingerprint density at radius 1 is 1.25 bits per heavy atom. The first-order valence-corrected chi connectivity index (χ1v) is 9.59. The van der Waals surface area contributed by atoms with Gasteiger partial charge in [0.2, 0.25) is 0 Å². The van der Waals surface area contributed by atoms with Gasteiger partial charge in [0.15, 0.2) is 11.6 Å². The SMILES string of the molecule is COC(=O)c1ccccc1N(C)c1ncnc(NCCN2CCCCC2)c1N. The largest absolute Gasteiger partial charge is 0.465 e. The van der Waals surface area contributed by atoms with E-state index < -0.39 is 5.97 Å². The molecule has 3 N–H and O–H groups in total. The number of nitrogens with one attached hydrogen (secondary N) is 1. The van der Waals surface area contributed by atoms with Crippen LogP contribution in [0.1, 0.15) is 29.6 Å². The molecule has 0 radical (unpaired) electrons. The zero-order valence-corrected chi connectivity index (χ0v) is 16.5. The Balaban J connectivity index is 1.74. The van der Waals surface area contributed by atoms with Crippen LogP contribution in [0.15, 0.2) is 30.6 Å². The first-order valence-electron chi connectivity index (χ1n) is 9.59. The minimum Gasteiger partial charge on any atom is -0.465 e. The normalized spacial score (nSPS) is 14.5. The highest BCUT2D eigenvalue weighted by molar-refractivity contribution is 5.97. The molecular weight excluding hydrogens is 356 g/mol. The summed E-state index contributed by atoms with van der Waals surface area (Å²) in [6.45, 7) is 4.03. The predicted octanol–water partition coefficient (Wildman–Crippen LogP) is 2.51. The van der Waals surface area contributed by atoms with Crippen molar-refractivity contribution < 1.29 is 9.53 Å². The maximum atomic E-state index is 12.1. The lowest BCUT2D eigenvalue weighted by molar-refractivity contribution is 0.0601. The quantitative estimate of drug-likeness (QED) is 0.703. The number of nitrogen functional groups attached to an aromatic ring is 1. The van der Waals surface area contributed by atoms with Crippen LogP contribution in [-0.4, -0.2) is 61.2 Å². The van der Waals surface area contributed by atoms with Crippen LogP contribution < -0.4 is 16.0 Å². The van der Waals surface area contributed by atoms with Gasteiger partial charge in [-0.2, -0.15) is 0 Å². The fourth-order valence-corrected chi connectivity index (χ4v) is 3.47. The summed E-state index contributed by atoms with van der Waals surface area (Å²) in [6.07, 6.45) is 5.34. The predicted molar refractivity (Wildman–Crippen MR) is 111 cm³/mol. The fourth-order valence-electron chi connectivity index (χ4n) is 3.47. The highest BCUT2D eigenvalue weighted by Crippen LogP contribution is 2.32. The van der Waals surface area contributed by atoms with E-state index in [-0.39, 0.29) is 0 Å². The van der Waals surface area contributed by atoms with Gasteiger partial charge in [0.05, 0.1) is 18.4 Å². The molecule has 3 rings (SSSR count). The van der Waals surface area contributed by atoms with E-state index in [1.165, 1.54) is 32.7 Å². The summed E-state index contributed by atoms with van der Waals surface area (Å²) in [5.74, 6) is 0.728. The molecule has 1 saturated heterocycles. The Kier molecular flexibility index (Phi) is 6.65. The lowest BCUT2D eigenvalue weighted by Gasteiger charge is -2.26. The smallest absolute Gasteiger partial charge is 0.339 e. The molecule has 0 spiro atoms. The Bertz CT molecular complexity index is 807. The number of aromatic nitrogens is 2. The summed E-state index contributed by atoms with van der Waals surface area (Å²) in [5.41, 5.74) is 7.90. The van der Waals surface area contributed by atoms with Crippen molar-refractivity contribution in [2.75, 3.05) is 56.3 Å². The van der Waals surface area contributed by atoms with Crippen molar-refractivity contribution in [1.82, 2.24) is 14.9 Å². The van der Waals surface area contributed by atoms with E-state index in [1.807, 2.05) is 19.2 Å². The van der Waals surface area contributed by atoms with Crippen molar-refractivity contribution in [2.24, 2.45) is 0 Å². The van der Waals surface area contributed by atoms with Gasteiger partial charge in [-0.1, -0.05) is 18.6 Å². The molecule has 150 valence electrons. The molecule has 8 nitrogen and oxygen atoms in total. The van der Waals surface area contributed by atoms with Gasteiger partial charge in [-0.3, -0.25) is 0 Å². The van der Waals surface area contributed by atoms with Gasteiger partial charge in [-0.05, 0) is 38.1 Å². The topological polar surface area (TPSA) is 96.6 Å². The molecule has 0 amide bonds. The van der Waals surface area contributed by atoms with E-state index in [4.69, 9.17) is 10.5 Å². The van der Waals surface area contributed by atoms with Crippen LogP contribution >= 0.6 is 0 Å². The number of ether oxygens (including phenoxy) is 1. The number of piperidine rings is 1. The third-order valence-corrected chi connectivity index (χ3v) is 5.02. The molecule has 1 aromatic carbocycles. The number of nitrogens with zero attached hydrogens (tertiary/aromatic N) is 4. The van der Waals surface area contributed by atoms with E-state index in [0.717, 1.165) is 26.2 Å². The number of benzene rings is 1. The number of methoxy groups -OCH3 is 1. The fraction of sp³-hybridized carbons (Fsp3) is 0.450. The van der Waals surface area contributed by atoms with Crippen LogP contribution in [0.2, 0.25) is 0 Å². The van der Waals surface area contributed by atoms with E-state index in [1.54, 1.807) is 17.0 Å². The van der Waals surface area contributed by atoms with Crippen molar-refractivity contribution >= 4 is 29.0 Å². The third-order valence-electron chi connectivity index (χ3n) is 5.02. The minimum absolute atomic E-state index is 0.407. The van der Waals surface area contributed by atoms with E-state index in [2.05, 4.69) is 20.2 Å². The van der Waals surface area contributed by atoms with Crippen LogP contribution in [0, 0.1) is 0 Å². The van der Waals surface area contributed by atoms with Crippen molar-refractivity contribution in [3.63, 3.8) is 0 Å². The maximum absolute atomic E-state index is 12.1. The molecular formula is C20H28N6O2. The molecule has 2 aromatic rings. The van der Waals surface area contributed by atoms with Crippen molar-refractivity contribution in [1.29, 1.82) is 0 Å². The Morgan fingerprint density at radius 2 is 2.00 bits per heavy atom.